The monoisotopic (exact) mass is 645 g/mol. The summed E-state index contributed by atoms with van der Waals surface area (Å²) in [7, 11) is 0. The Morgan fingerprint density at radius 1 is 1.07 bits per heavy atom. The Kier molecular flexibility index (Phi) is 7.46. The summed E-state index contributed by atoms with van der Waals surface area (Å²) in [6.45, 7) is 1.55. The van der Waals surface area contributed by atoms with Crippen molar-refractivity contribution in [3.63, 3.8) is 0 Å². The lowest BCUT2D eigenvalue weighted by atomic mass is 9.91. The van der Waals surface area contributed by atoms with Gasteiger partial charge in [0, 0.05) is 22.2 Å². The number of ether oxygens (including phenoxy) is 3. The number of alkyl halides is 3. The first-order chi connectivity index (χ1) is 21.2. The van der Waals surface area contributed by atoms with Crippen molar-refractivity contribution in [3.05, 3.63) is 94.1 Å². The molecule has 0 amide bonds. The van der Waals surface area contributed by atoms with E-state index in [1.54, 1.807) is 17.8 Å². The first-order valence-corrected chi connectivity index (χ1v) is 14.7. The van der Waals surface area contributed by atoms with Crippen molar-refractivity contribution in [2.75, 3.05) is 6.61 Å². The average Bonchev–Trinajstić information content (AvgIpc) is 3.78. The maximum Gasteiger partial charge on any atom is 0.418 e. The largest absolute Gasteiger partial charge is 0.418 e. The lowest BCUT2D eigenvalue weighted by Gasteiger charge is -2.47. The number of fused-ring (bicyclic) bond motifs is 1. The zero-order valence-electron chi connectivity index (χ0n) is 22.7. The third-order valence-corrected chi connectivity index (χ3v) is 8.56. The molecule has 0 bridgehead atoms. The number of aliphatic hydroxyl groups is 1. The van der Waals surface area contributed by atoms with E-state index in [1.165, 1.54) is 33.6 Å². The normalized spacial score (nSPS) is 25.6. The molecule has 228 valence electrons. The van der Waals surface area contributed by atoms with Gasteiger partial charge in [0.2, 0.25) is 0 Å². The molecule has 1 N–H and O–H groups in total. The van der Waals surface area contributed by atoms with Gasteiger partial charge in [-0.1, -0.05) is 47.1 Å². The van der Waals surface area contributed by atoms with Crippen molar-refractivity contribution >= 4 is 22.9 Å². The number of hydrogen-bond donors (Lipinski definition) is 1. The maximum absolute atomic E-state index is 14.1. The van der Waals surface area contributed by atoms with E-state index >= 15 is 0 Å². The molecule has 2 aliphatic heterocycles. The molecule has 44 heavy (non-hydrogen) atoms. The third-order valence-electron chi connectivity index (χ3n) is 7.53. The molecule has 0 radical (unpaired) electrons. The standard InChI is InChI=1S/C28H23ClF3N7O4S/c1-14-34-36-25(39(14)19-11-16(29)7-8-17(19)28(30,31)32)24-22(40)21(38-12-18(35-37-38)26-33-9-10-44-26)23-20(42-24)13-41-27(43-23)15-5-3-2-4-6-15/h2-12,20-24,27,40H,13H2,1H3/t20?,21?,22?,23-,24?,27?/m0/s1. The molecule has 0 aliphatic carbocycles. The molecule has 11 nitrogen and oxygen atoms in total. The van der Waals surface area contributed by atoms with Crippen LogP contribution in [0.4, 0.5) is 13.2 Å². The summed E-state index contributed by atoms with van der Waals surface area (Å²) in [5, 5.41) is 31.2. The van der Waals surface area contributed by atoms with Gasteiger partial charge in [0.1, 0.15) is 47.0 Å². The van der Waals surface area contributed by atoms with E-state index in [2.05, 4.69) is 25.5 Å². The highest BCUT2D eigenvalue weighted by Crippen LogP contribution is 2.45. The third kappa shape index (κ3) is 5.18. The fourth-order valence-corrected chi connectivity index (χ4v) is 6.33. The molecule has 5 heterocycles. The van der Waals surface area contributed by atoms with Crippen molar-refractivity contribution in [1.29, 1.82) is 0 Å². The number of hydrogen-bond acceptors (Lipinski definition) is 10. The van der Waals surface area contributed by atoms with Crippen molar-refractivity contribution in [1.82, 2.24) is 34.7 Å². The zero-order valence-corrected chi connectivity index (χ0v) is 24.3. The summed E-state index contributed by atoms with van der Waals surface area (Å²) in [5.74, 6) is 0.0750. The van der Waals surface area contributed by atoms with Gasteiger partial charge >= 0.3 is 6.18 Å². The number of aliphatic hydroxyl groups excluding tert-OH is 1. The van der Waals surface area contributed by atoms with Crippen LogP contribution in [0.2, 0.25) is 5.02 Å². The molecule has 0 spiro atoms. The fraction of sp³-hybridized carbons (Fsp3) is 0.321. The Morgan fingerprint density at radius 2 is 1.89 bits per heavy atom. The highest BCUT2D eigenvalue weighted by Gasteiger charge is 2.53. The minimum Gasteiger partial charge on any atom is -0.388 e. The van der Waals surface area contributed by atoms with Gasteiger partial charge < -0.3 is 19.3 Å². The number of nitrogens with zero attached hydrogens (tertiary/aromatic N) is 7. The van der Waals surface area contributed by atoms with E-state index in [0.717, 1.165) is 17.7 Å². The molecular weight excluding hydrogens is 623 g/mol. The van der Waals surface area contributed by atoms with Crippen LogP contribution in [-0.4, -0.2) is 64.8 Å². The minimum atomic E-state index is -4.71. The van der Waals surface area contributed by atoms with Crippen LogP contribution in [0.15, 0.2) is 66.3 Å². The van der Waals surface area contributed by atoms with Gasteiger partial charge in [0.25, 0.3) is 0 Å². The highest BCUT2D eigenvalue weighted by molar-refractivity contribution is 7.13. The van der Waals surface area contributed by atoms with Crippen LogP contribution in [0.5, 0.6) is 0 Å². The fourth-order valence-electron chi connectivity index (χ4n) is 5.57. The Morgan fingerprint density at radius 3 is 2.64 bits per heavy atom. The molecule has 7 rings (SSSR count). The van der Waals surface area contributed by atoms with Crippen molar-refractivity contribution in [3.8, 4) is 16.4 Å². The van der Waals surface area contributed by atoms with Gasteiger partial charge in [-0.2, -0.15) is 13.2 Å². The Hall–Kier alpha value is -3.73. The summed E-state index contributed by atoms with van der Waals surface area (Å²) in [5.41, 5.74) is -0.0140. The van der Waals surface area contributed by atoms with E-state index in [1.807, 2.05) is 30.3 Å². The maximum atomic E-state index is 14.1. The van der Waals surface area contributed by atoms with Gasteiger partial charge in [0.15, 0.2) is 12.1 Å². The Bertz CT molecular complexity index is 1770. The first-order valence-electron chi connectivity index (χ1n) is 13.5. The number of benzene rings is 2. The van der Waals surface area contributed by atoms with Crippen LogP contribution in [-0.2, 0) is 20.4 Å². The number of rotatable bonds is 5. The van der Waals surface area contributed by atoms with Crippen molar-refractivity contribution in [2.24, 2.45) is 0 Å². The predicted molar refractivity (Wildman–Crippen MR) is 150 cm³/mol. The van der Waals surface area contributed by atoms with E-state index in [-0.39, 0.29) is 29.0 Å². The molecule has 2 saturated heterocycles. The van der Waals surface area contributed by atoms with E-state index in [9.17, 15) is 18.3 Å². The van der Waals surface area contributed by atoms with E-state index in [4.69, 9.17) is 25.8 Å². The number of aryl methyl sites for hydroxylation is 1. The average molecular weight is 646 g/mol. The zero-order chi connectivity index (χ0) is 30.6. The molecule has 5 aromatic rings. The summed E-state index contributed by atoms with van der Waals surface area (Å²) < 4.78 is 63.7. The van der Waals surface area contributed by atoms with Crippen LogP contribution in [0.1, 0.15) is 41.2 Å². The van der Waals surface area contributed by atoms with Gasteiger partial charge in [-0.15, -0.1) is 26.6 Å². The Labute approximate surface area is 256 Å². The van der Waals surface area contributed by atoms with Gasteiger partial charge in [-0.05, 0) is 25.1 Å². The second-order valence-electron chi connectivity index (χ2n) is 10.3. The second kappa shape index (κ2) is 11.3. The summed E-state index contributed by atoms with van der Waals surface area (Å²) in [4.78, 5) is 4.28. The molecule has 2 aromatic carbocycles. The van der Waals surface area contributed by atoms with Crippen LogP contribution < -0.4 is 0 Å². The highest BCUT2D eigenvalue weighted by atomic mass is 35.5. The SMILES string of the molecule is Cc1nnc(C2OC3COC(c4ccccc4)O[C@@H]3C(n3cc(-c4nccs4)nn3)C2O)n1-c1cc(Cl)ccc1C(F)(F)F. The van der Waals surface area contributed by atoms with E-state index in [0.29, 0.717) is 10.7 Å². The summed E-state index contributed by atoms with van der Waals surface area (Å²) in [6.07, 6.45) is -6.45. The van der Waals surface area contributed by atoms with Gasteiger partial charge in [0.05, 0.1) is 24.1 Å². The first kappa shape index (κ1) is 29.0. The number of thiazole rings is 1. The number of aromatic nitrogens is 7. The van der Waals surface area contributed by atoms with Gasteiger partial charge in [-0.25, -0.2) is 9.67 Å². The molecule has 5 unspecified atom stereocenters. The molecule has 2 fully saturated rings. The lowest BCUT2D eigenvalue weighted by molar-refractivity contribution is -0.319. The molecule has 2 aliphatic rings. The molecule has 0 saturated carbocycles. The number of halogens is 4. The molecular formula is C28H23ClF3N7O4S. The van der Waals surface area contributed by atoms with Crippen LogP contribution in [0, 0.1) is 6.92 Å². The van der Waals surface area contributed by atoms with E-state index < -0.39 is 48.5 Å². The predicted octanol–water partition coefficient (Wildman–Crippen LogP) is 5.12. The molecule has 16 heteroatoms. The quantitative estimate of drug-likeness (QED) is 0.278. The second-order valence-corrected chi connectivity index (χ2v) is 11.6. The van der Waals surface area contributed by atoms with Crippen molar-refractivity contribution in [2.45, 2.75) is 49.8 Å². The van der Waals surface area contributed by atoms with Crippen LogP contribution in [0.25, 0.3) is 16.4 Å². The Balaban J connectivity index is 1.31. The molecule has 6 atom stereocenters. The van der Waals surface area contributed by atoms with Crippen LogP contribution >= 0.6 is 22.9 Å². The van der Waals surface area contributed by atoms with Crippen LogP contribution in [0.3, 0.4) is 0 Å². The van der Waals surface area contributed by atoms with Gasteiger partial charge in [-0.3, -0.25) is 4.57 Å². The lowest BCUT2D eigenvalue weighted by Crippen LogP contribution is -2.57. The molecule has 3 aromatic heterocycles. The summed E-state index contributed by atoms with van der Waals surface area (Å²) in [6, 6.07) is 11.6. The minimum absolute atomic E-state index is 0.0517. The van der Waals surface area contributed by atoms with Crippen molar-refractivity contribution < 1.29 is 32.5 Å². The summed E-state index contributed by atoms with van der Waals surface area (Å²) >= 11 is 7.52. The smallest absolute Gasteiger partial charge is 0.388 e. The topological polar surface area (TPSA) is 122 Å².